The number of carbonyl (C=O) groups is 4. The number of ketones is 4. The zero-order chi connectivity index (χ0) is 31.1. The number of hydrogen-bond donors (Lipinski definition) is 1. The lowest BCUT2D eigenvalue weighted by atomic mass is 9.82. The second kappa shape index (κ2) is 11.1. The smallest absolute Gasteiger partial charge is 0.178 e. The Morgan fingerprint density at radius 2 is 0.822 bits per heavy atom. The van der Waals surface area contributed by atoms with E-state index in [2.05, 4.69) is 23.7 Å². The van der Waals surface area contributed by atoms with Gasteiger partial charge in [-0.15, -0.1) is 0 Å². The highest BCUT2D eigenvalue weighted by Gasteiger charge is 2.45. The van der Waals surface area contributed by atoms with E-state index in [1.165, 1.54) is 6.07 Å². The maximum Gasteiger partial charge on any atom is 0.178 e. The molecule has 0 saturated heterocycles. The first-order chi connectivity index (χ1) is 21.9. The maximum atomic E-state index is 13.8. The minimum Gasteiger partial charge on any atom is -0.399 e. The van der Waals surface area contributed by atoms with Gasteiger partial charge in [0.05, 0.1) is 0 Å². The molecule has 0 aromatic heterocycles. The average molecular weight is 582 g/mol. The Hall–Kier alpha value is -6.30. The van der Waals surface area contributed by atoms with Gasteiger partial charge in [0.2, 0.25) is 0 Å². The van der Waals surface area contributed by atoms with Crippen LogP contribution in [0.2, 0.25) is 0 Å². The van der Waals surface area contributed by atoms with Gasteiger partial charge in [0.15, 0.2) is 23.1 Å². The van der Waals surface area contributed by atoms with E-state index in [0.29, 0.717) is 22.4 Å². The van der Waals surface area contributed by atoms with Gasteiger partial charge in [0, 0.05) is 50.2 Å². The fraction of sp³-hybridized carbons (Fsp3) is 0.0500. The SMILES string of the molecule is Nc1ccc(C2C(=O)c3ccc(C#Cc4ccccc4)cc3C2=O)c(C2C(=O)c3ccc(C#Cc4ccccc4)cc3C2=O)c1. The number of rotatable bonds is 2. The van der Waals surface area contributed by atoms with Gasteiger partial charge >= 0.3 is 0 Å². The third kappa shape index (κ3) is 4.93. The van der Waals surface area contributed by atoms with Gasteiger partial charge in [0.25, 0.3) is 0 Å². The second-order valence-electron chi connectivity index (χ2n) is 11.0. The number of nitrogen functional groups attached to an aromatic ring is 1. The van der Waals surface area contributed by atoms with E-state index in [1.54, 1.807) is 48.5 Å². The third-order valence-corrected chi connectivity index (χ3v) is 8.13. The second-order valence-corrected chi connectivity index (χ2v) is 11.0. The van der Waals surface area contributed by atoms with Crippen LogP contribution < -0.4 is 5.73 Å². The Kier molecular flexibility index (Phi) is 6.78. The molecule has 7 rings (SSSR count). The van der Waals surface area contributed by atoms with Gasteiger partial charge < -0.3 is 5.73 Å². The summed E-state index contributed by atoms with van der Waals surface area (Å²) in [6.07, 6.45) is 0. The summed E-state index contributed by atoms with van der Waals surface area (Å²) < 4.78 is 0. The summed E-state index contributed by atoms with van der Waals surface area (Å²) in [4.78, 5) is 55.0. The molecule has 2 atom stereocenters. The van der Waals surface area contributed by atoms with Crippen molar-refractivity contribution in [2.24, 2.45) is 0 Å². The molecule has 0 radical (unpaired) electrons. The minimum absolute atomic E-state index is 0.257. The van der Waals surface area contributed by atoms with Crippen LogP contribution in [0.5, 0.6) is 0 Å². The number of carbonyl (C=O) groups excluding carboxylic acids is 4. The first-order valence-corrected chi connectivity index (χ1v) is 14.4. The molecule has 0 aliphatic heterocycles. The number of Topliss-reactive ketones (excluding diaryl/α,β-unsaturated/α-hetero) is 4. The van der Waals surface area contributed by atoms with Gasteiger partial charge in [-0.1, -0.05) is 66.1 Å². The highest BCUT2D eigenvalue weighted by atomic mass is 16.2. The molecule has 0 bridgehead atoms. The Morgan fingerprint density at radius 3 is 1.31 bits per heavy atom. The first-order valence-electron chi connectivity index (χ1n) is 14.4. The number of nitrogens with two attached hydrogens (primary N) is 1. The zero-order valence-electron chi connectivity index (χ0n) is 23.8. The highest BCUT2D eigenvalue weighted by molar-refractivity contribution is 6.32. The van der Waals surface area contributed by atoms with Crippen LogP contribution in [0.1, 0.15) is 86.6 Å². The predicted molar refractivity (Wildman–Crippen MR) is 171 cm³/mol. The van der Waals surface area contributed by atoms with E-state index in [0.717, 1.165) is 11.1 Å². The summed E-state index contributed by atoms with van der Waals surface area (Å²) in [7, 11) is 0. The molecule has 2 aliphatic rings. The van der Waals surface area contributed by atoms with Crippen molar-refractivity contribution in [1.82, 2.24) is 0 Å². The van der Waals surface area contributed by atoms with Crippen molar-refractivity contribution in [3.05, 3.63) is 171 Å². The quantitative estimate of drug-likeness (QED) is 0.148. The molecule has 0 fully saturated rings. The van der Waals surface area contributed by atoms with E-state index in [9.17, 15) is 19.2 Å². The normalized spacial score (nSPS) is 16.4. The molecule has 45 heavy (non-hydrogen) atoms. The van der Waals surface area contributed by atoms with Crippen molar-refractivity contribution < 1.29 is 19.2 Å². The first kappa shape index (κ1) is 27.5. The van der Waals surface area contributed by atoms with Crippen molar-refractivity contribution in [2.45, 2.75) is 11.8 Å². The third-order valence-electron chi connectivity index (χ3n) is 8.13. The summed E-state index contributed by atoms with van der Waals surface area (Å²) in [6, 6.07) is 33.5. The predicted octanol–water partition coefficient (Wildman–Crippen LogP) is 6.39. The molecule has 2 aliphatic carbocycles. The van der Waals surface area contributed by atoms with Crippen molar-refractivity contribution >= 4 is 28.8 Å². The Labute approximate surface area is 259 Å². The van der Waals surface area contributed by atoms with Crippen LogP contribution in [0, 0.1) is 23.7 Å². The van der Waals surface area contributed by atoms with E-state index in [4.69, 9.17) is 5.73 Å². The van der Waals surface area contributed by atoms with Crippen LogP contribution in [-0.2, 0) is 0 Å². The molecule has 2 unspecified atom stereocenters. The molecular weight excluding hydrogens is 558 g/mol. The summed E-state index contributed by atoms with van der Waals surface area (Å²) in [6.45, 7) is 0. The van der Waals surface area contributed by atoms with Crippen LogP contribution >= 0.6 is 0 Å². The monoisotopic (exact) mass is 581 g/mol. The van der Waals surface area contributed by atoms with Gasteiger partial charge in [0.1, 0.15) is 11.8 Å². The van der Waals surface area contributed by atoms with Crippen LogP contribution in [-0.4, -0.2) is 23.1 Å². The Balaban J connectivity index is 1.23. The Morgan fingerprint density at radius 1 is 0.400 bits per heavy atom. The zero-order valence-corrected chi connectivity index (χ0v) is 23.8. The van der Waals surface area contributed by atoms with Crippen molar-refractivity contribution in [3.63, 3.8) is 0 Å². The van der Waals surface area contributed by atoms with E-state index >= 15 is 0 Å². The van der Waals surface area contributed by atoms with Crippen LogP contribution in [0.4, 0.5) is 5.69 Å². The molecule has 0 heterocycles. The van der Waals surface area contributed by atoms with Gasteiger partial charge in [-0.05, 0) is 83.9 Å². The maximum absolute atomic E-state index is 13.8. The lowest BCUT2D eigenvalue weighted by molar-refractivity contribution is 0.0861. The molecule has 0 saturated carbocycles. The molecule has 212 valence electrons. The van der Waals surface area contributed by atoms with Crippen LogP contribution in [0.3, 0.4) is 0 Å². The molecule has 5 heteroatoms. The topological polar surface area (TPSA) is 94.3 Å². The number of hydrogen-bond acceptors (Lipinski definition) is 5. The highest BCUT2D eigenvalue weighted by Crippen LogP contribution is 2.42. The fourth-order valence-corrected chi connectivity index (χ4v) is 5.94. The molecule has 0 amide bonds. The van der Waals surface area contributed by atoms with Gasteiger partial charge in [-0.3, -0.25) is 19.2 Å². The van der Waals surface area contributed by atoms with Crippen LogP contribution in [0.15, 0.2) is 115 Å². The molecule has 0 spiro atoms. The van der Waals surface area contributed by atoms with Gasteiger partial charge in [-0.2, -0.15) is 0 Å². The number of benzene rings is 5. The molecule has 5 aromatic carbocycles. The van der Waals surface area contributed by atoms with Crippen molar-refractivity contribution in [3.8, 4) is 23.7 Å². The number of fused-ring (bicyclic) bond motifs is 2. The summed E-state index contributed by atoms with van der Waals surface area (Å²) in [5, 5.41) is 0. The largest absolute Gasteiger partial charge is 0.399 e. The van der Waals surface area contributed by atoms with Crippen molar-refractivity contribution in [1.29, 1.82) is 0 Å². The van der Waals surface area contributed by atoms with Crippen LogP contribution in [0.25, 0.3) is 0 Å². The van der Waals surface area contributed by atoms with E-state index < -0.39 is 35.0 Å². The molecule has 2 N–H and O–H groups in total. The Bertz CT molecular complexity index is 2210. The number of anilines is 1. The minimum atomic E-state index is -1.23. The lowest BCUT2D eigenvalue weighted by Gasteiger charge is -2.18. The molecular formula is C40H23NO4. The average Bonchev–Trinajstić information content (AvgIpc) is 3.46. The summed E-state index contributed by atoms with van der Waals surface area (Å²) in [5.41, 5.74) is 10.9. The summed E-state index contributed by atoms with van der Waals surface area (Å²) in [5.74, 6) is 8.20. The summed E-state index contributed by atoms with van der Waals surface area (Å²) >= 11 is 0. The molecule has 5 aromatic rings. The van der Waals surface area contributed by atoms with E-state index in [1.807, 2.05) is 60.7 Å². The lowest BCUT2D eigenvalue weighted by Crippen LogP contribution is -2.21. The standard InChI is InChI=1S/C40H23NO4/c41-28-17-20-29(35-37(42)30-18-15-26(21-33(30)39(35)44)13-11-24-7-3-1-4-8-24)32(23-28)36-38(43)31-19-16-27(22-34(31)40(36)45)14-12-25-9-5-2-6-10-25/h1-10,15-23,35-36H,41H2. The van der Waals surface area contributed by atoms with E-state index in [-0.39, 0.29) is 27.8 Å². The fourth-order valence-electron chi connectivity index (χ4n) is 5.94. The van der Waals surface area contributed by atoms with Crippen molar-refractivity contribution in [2.75, 3.05) is 5.73 Å². The molecule has 5 nitrogen and oxygen atoms in total. The van der Waals surface area contributed by atoms with Gasteiger partial charge in [-0.25, -0.2) is 0 Å².